The SMILES string of the molecule is O=C(Nc1ccc2c(c1)OCCCO2)C1CCN(c2ccccc2[N+](=O)[O-])CC1. The van der Waals surface area contributed by atoms with Crippen molar-refractivity contribution in [2.75, 3.05) is 36.5 Å². The minimum Gasteiger partial charge on any atom is -0.490 e. The number of carbonyl (C=O) groups is 1. The highest BCUT2D eigenvalue weighted by Crippen LogP contribution is 2.34. The van der Waals surface area contributed by atoms with E-state index in [0.29, 0.717) is 62.0 Å². The third-order valence-electron chi connectivity index (χ3n) is 5.30. The largest absolute Gasteiger partial charge is 0.490 e. The predicted molar refractivity (Wildman–Crippen MR) is 109 cm³/mol. The van der Waals surface area contributed by atoms with Gasteiger partial charge in [-0.05, 0) is 31.0 Å². The van der Waals surface area contributed by atoms with Crippen LogP contribution in [0.4, 0.5) is 17.1 Å². The molecule has 152 valence electrons. The van der Waals surface area contributed by atoms with E-state index in [-0.39, 0.29) is 22.4 Å². The molecule has 0 spiro atoms. The van der Waals surface area contributed by atoms with Gasteiger partial charge in [0.25, 0.3) is 5.69 Å². The van der Waals surface area contributed by atoms with Crippen LogP contribution in [0.1, 0.15) is 19.3 Å². The van der Waals surface area contributed by atoms with Crippen molar-refractivity contribution in [3.63, 3.8) is 0 Å². The lowest BCUT2D eigenvalue weighted by atomic mass is 9.95. The second-order valence-corrected chi connectivity index (χ2v) is 7.21. The predicted octanol–water partition coefficient (Wildman–Crippen LogP) is 3.61. The van der Waals surface area contributed by atoms with E-state index in [1.165, 1.54) is 6.07 Å². The molecule has 2 heterocycles. The number of carbonyl (C=O) groups excluding carboxylic acids is 1. The smallest absolute Gasteiger partial charge is 0.292 e. The molecule has 0 aliphatic carbocycles. The van der Waals surface area contributed by atoms with Gasteiger partial charge in [-0.25, -0.2) is 0 Å². The lowest BCUT2D eigenvalue weighted by Crippen LogP contribution is -2.38. The van der Waals surface area contributed by atoms with Crippen LogP contribution < -0.4 is 19.7 Å². The summed E-state index contributed by atoms with van der Waals surface area (Å²) in [5, 5.41) is 14.2. The fourth-order valence-electron chi connectivity index (χ4n) is 3.75. The van der Waals surface area contributed by atoms with Crippen LogP contribution in [0.15, 0.2) is 42.5 Å². The fraction of sp³-hybridized carbons (Fsp3) is 0.381. The molecule has 2 aliphatic heterocycles. The number of benzene rings is 2. The summed E-state index contributed by atoms with van der Waals surface area (Å²) in [6, 6.07) is 12.2. The first-order valence-corrected chi connectivity index (χ1v) is 9.81. The molecule has 0 radical (unpaired) electrons. The zero-order chi connectivity index (χ0) is 20.2. The summed E-state index contributed by atoms with van der Waals surface area (Å²) in [4.78, 5) is 25.6. The van der Waals surface area contributed by atoms with Gasteiger partial charge in [-0.3, -0.25) is 14.9 Å². The Kier molecular flexibility index (Phi) is 5.50. The standard InChI is InChI=1S/C21H23N3O5/c25-21(22-16-6-7-19-20(14-16)29-13-3-12-28-19)15-8-10-23(11-9-15)17-4-1-2-5-18(17)24(26)27/h1-2,4-7,14-15H,3,8-13H2,(H,22,25). The van der Waals surface area contributed by atoms with Crippen LogP contribution in [0.5, 0.6) is 11.5 Å². The van der Waals surface area contributed by atoms with Gasteiger partial charge in [-0.1, -0.05) is 12.1 Å². The number of anilines is 2. The molecule has 0 aromatic heterocycles. The van der Waals surface area contributed by atoms with Crippen LogP contribution in [0.25, 0.3) is 0 Å². The van der Waals surface area contributed by atoms with E-state index in [0.717, 1.165) is 6.42 Å². The van der Waals surface area contributed by atoms with Crippen molar-refractivity contribution in [2.24, 2.45) is 5.92 Å². The Balaban J connectivity index is 1.37. The van der Waals surface area contributed by atoms with Crippen molar-refractivity contribution in [1.82, 2.24) is 0 Å². The number of para-hydroxylation sites is 2. The van der Waals surface area contributed by atoms with Crippen molar-refractivity contribution < 1.29 is 19.2 Å². The molecule has 1 fully saturated rings. The highest BCUT2D eigenvalue weighted by molar-refractivity contribution is 5.93. The lowest BCUT2D eigenvalue weighted by molar-refractivity contribution is -0.384. The third-order valence-corrected chi connectivity index (χ3v) is 5.30. The first-order valence-electron chi connectivity index (χ1n) is 9.81. The molecular weight excluding hydrogens is 374 g/mol. The van der Waals surface area contributed by atoms with Crippen LogP contribution in [-0.2, 0) is 4.79 Å². The summed E-state index contributed by atoms with van der Waals surface area (Å²) in [7, 11) is 0. The van der Waals surface area contributed by atoms with Gasteiger partial charge < -0.3 is 19.7 Å². The highest BCUT2D eigenvalue weighted by Gasteiger charge is 2.28. The van der Waals surface area contributed by atoms with E-state index >= 15 is 0 Å². The minimum atomic E-state index is -0.363. The third kappa shape index (κ3) is 4.26. The Morgan fingerprint density at radius 1 is 1.07 bits per heavy atom. The Labute approximate surface area is 168 Å². The summed E-state index contributed by atoms with van der Waals surface area (Å²) in [5.74, 6) is 1.16. The van der Waals surface area contributed by atoms with Crippen molar-refractivity contribution in [3.8, 4) is 11.5 Å². The summed E-state index contributed by atoms with van der Waals surface area (Å²) in [6.45, 7) is 2.42. The number of ether oxygens (including phenoxy) is 2. The summed E-state index contributed by atoms with van der Waals surface area (Å²) in [5.41, 5.74) is 1.39. The maximum Gasteiger partial charge on any atom is 0.292 e. The van der Waals surface area contributed by atoms with Crippen molar-refractivity contribution in [2.45, 2.75) is 19.3 Å². The van der Waals surface area contributed by atoms with E-state index in [1.54, 1.807) is 24.3 Å². The van der Waals surface area contributed by atoms with Gasteiger partial charge in [0, 0.05) is 43.2 Å². The molecule has 2 aromatic rings. The Hall–Kier alpha value is -3.29. The molecule has 8 nitrogen and oxygen atoms in total. The van der Waals surface area contributed by atoms with Crippen LogP contribution in [0.2, 0.25) is 0 Å². The number of fused-ring (bicyclic) bond motifs is 1. The number of nitro benzene ring substituents is 1. The molecular formula is C21H23N3O5. The van der Waals surface area contributed by atoms with Crippen molar-refractivity contribution >= 4 is 23.0 Å². The van der Waals surface area contributed by atoms with E-state index in [9.17, 15) is 14.9 Å². The van der Waals surface area contributed by atoms with E-state index in [4.69, 9.17) is 9.47 Å². The number of amides is 1. The van der Waals surface area contributed by atoms with Gasteiger partial charge in [0.15, 0.2) is 11.5 Å². The zero-order valence-electron chi connectivity index (χ0n) is 16.0. The van der Waals surface area contributed by atoms with Crippen LogP contribution >= 0.6 is 0 Å². The summed E-state index contributed by atoms with van der Waals surface area (Å²) >= 11 is 0. The average Bonchev–Trinajstić information content (AvgIpc) is 2.99. The van der Waals surface area contributed by atoms with Crippen LogP contribution in [0, 0.1) is 16.0 Å². The second-order valence-electron chi connectivity index (χ2n) is 7.21. The molecule has 0 atom stereocenters. The monoisotopic (exact) mass is 397 g/mol. The van der Waals surface area contributed by atoms with E-state index < -0.39 is 0 Å². The molecule has 0 unspecified atom stereocenters. The molecule has 1 N–H and O–H groups in total. The van der Waals surface area contributed by atoms with Crippen molar-refractivity contribution in [3.05, 3.63) is 52.6 Å². The van der Waals surface area contributed by atoms with Gasteiger partial charge in [0.05, 0.1) is 18.1 Å². The Morgan fingerprint density at radius 2 is 1.79 bits per heavy atom. The average molecular weight is 397 g/mol. The quantitative estimate of drug-likeness (QED) is 0.626. The Morgan fingerprint density at radius 3 is 2.55 bits per heavy atom. The van der Waals surface area contributed by atoms with Gasteiger partial charge in [0.2, 0.25) is 5.91 Å². The molecule has 1 saturated heterocycles. The first-order chi connectivity index (χ1) is 14.1. The molecule has 2 aromatic carbocycles. The summed E-state index contributed by atoms with van der Waals surface area (Å²) in [6.07, 6.45) is 2.11. The molecule has 8 heteroatoms. The van der Waals surface area contributed by atoms with Gasteiger partial charge in [-0.2, -0.15) is 0 Å². The minimum absolute atomic E-state index is 0.0401. The van der Waals surface area contributed by atoms with Crippen LogP contribution in [-0.4, -0.2) is 37.1 Å². The Bertz CT molecular complexity index is 909. The molecule has 0 bridgehead atoms. The highest BCUT2D eigenvalue weighted by atomic mass is 16.6. The number of nitrogens with zero attached hydrogens (tertiary/aromatic N) is 2. The fourth-order valence-corrected chi connectivity index (χ4v) is 3.75. The van der Waals surface area contributed by atoms with Gasteiger partial charge >= 0.3 is 0 Å². The molecule has 4 rings (SSSR count). The van der Waals surface area contributed by atoms with Gasteiger partial charge in [-0.15, -0.1) is 0 Å². The number of nitro groups is 1. The number of piperidine rings is 1. The molecule has 1 amide bonds. The van der Waals surface area contributed by atoms with Crippen LogP contribution in [0.3, 0.4) is 0 Å². The molecule has 0 saturated carbocycles. The maximum atomic E-state index is 12.7. The topological polar surface area (TPSA) is 93.9 Å². The molecule has 29 heavy (non-hydrogen) atoms. The van der Waals surface area contributed by atoms with E-state index in [2.05, 4.69) is 5.32 Å². The number of nitrogens with one attached hydrogen (secondary N) is 1. The normalized spacial score (nSPS) is 16.8. The maximum absolute atomic E-state index is 12.7. The van der Waals surface area contributed by atoms with Crippen molar-refractivity contribution in [1.29, 1.82) is 0 Å². The zero-order valence-corrected chi connectivity index (χ0v) is 16.0. The number of hydrogen-bond donors (Lipinski definition) is 1. The van der Waals surface area contributed by atoms with E-state index in [1.807, 2.05) is 17.0 Å². The lowest BCUT2D eigenvalue weighted by Gasteiger charge is -2.32. The summed E-state index contributed by atoms with van der Waals surface area (Å²) < 4.78 is 11.3. The first kappa shape index (κ1) is 19.0. The molecule has 2 aliphatic rings. The number of hydrogen-bond acceptors (Lipinski definition) is 6. The number of rotatable bonds is 4. The van der Waals surface area contributed by atoms with Gasteiger partial charge in [0.1, 0.15) is 5.69 Å². The second kappa shape index (κ2) is 8.38.